The van der Waals surface area contributed by atoms with Gasteiger partial charge in [-0.05, 0) is 56.0 Å². The largest absolute Gasteiger partial charge is 0.491 e. The predicted octanol–water partition coefficient (Wildman–Crippen LogP) is 4.75. The van der Waals surface area contributed by atoms with Crippen molar-refractivity contribution >= 4 is 11.7 Å². The van der Waals surface area contributed by atoms with Gasteiger partial charge in [0.15, 0.2) is 11.7 Å². The van der Waals surface area contributed by atoms with Crippen molar-refractivity contribution in [3.05, 3.63) is 65.2 Å². The number of oxazole rings is 1. The second-order valence-electron chi connectivity index (χ2n) is 8.56. The summed E-state index contributed by atoms with van der Waals surface area (Å²) in [7, 11) is 1.71. The zero-order valence-corrected chi connectivity index (χ0v) is 19.7. The molecular weight excluding hydrogens is 418 g/mol. The second-order valence-corrected chi connectivity index (χ2v) is 8.56. The molecule has 1 saturated heterocycles. The van der Waals surface area contributed by atoms with Gasteiger partial charge in [0, 0.05) is 43.9 Å². The normalized spacial score (nSPS) is 13.6. The summed E-state index contributed by atoms with van der Waals surface area (Å²) in [5, 5.41) is 2.84. The highest BCUT2D eigenvalue weighted by Gasteiger charge is 2.23. The Hall–Kier alpha value is -3.32. The van der Waals surface area contributed by atoms with Crippen molar-refractivity contribution in [1.82, 2.24) is 10.3 Å². The standard InChI is InChI=1S/C26H31N3O4/c1-17(2)32-23-13-21(12-22(15-23)29-9-8-27-26(29)30)24-16-28-25(33-24)14-20-11-19(7-10-31-4)6-5-18(20)3/h5-6,11-13,15-17H,7-10,14H2,1-4H3,(H,27,30). The molecule has 1 fully saturated rings. The first-order chi connectivity index (χ1) is 15.9. The third-order valence-electron chi connectivity index (χ3n) is 5.62. The number of aryl methyl sites for hydroxylation is 1. The van der Waals surface area contributed by atoms with Crippen LogP contribution in [0.4, 0.5) is 10.5 Å². The molecule has 0 aliphatic carbocycles. The average molecular weight is 450 g/mol. The van der Waals surface area contributed by atoms with Gasteiger partial charge < -0.3 is 19.2 Å². The van der Waals surface area contributed by atoms with Gasteiger partial charge in [0.05, 0.1) is 18.9 Å². The molecule has 7 heteroatoms. The molecule has 0 unspecified atom stereocenters. The Morgan fingerprint density at radius 3 is 2.79 bits per heavy atom. The van der Waals surface area contributed by atoms with E-state index in [1.54, 1.807) is 18.2 Å². The number of hydrogen-bond donors (Lipinski definition) is 1. The molecule has 0 saturated carbocycles. The SMILES string of the molecule is COCCc1ccc(C)c(Cc2ncc(-c3cc(OC(C)C)cc(N4CCNC4=O)c3)o2)c1. The smallest absolute Gasteiger partial charge is 0.321 e. The highest BCUT2D eigenvalue weighted by atomic mass is 16.5. The Balaban J connectivity index is 1.60. The van der Waals surface area contributed by atoms with E-state index in [9.17, 15) is 4.79 Å². The Labute approximate surface area is 194 Å². The van der Waals surface area contributed by atoms with E-state index < -0.39 is 0 Å². The number of carbonyl (C=O) groups excluding carboxylic acids is 1. The number of rotatable bonds is 9. The van der Waals surface area contributed by atoms with E-state index in [4.69, 9.17) is 13.9 Å². The molecule has 1 aliphatic heterocycles. The highest BCUT2D eigenvalue weighted by Crippen LogP contribution is 2.32. The van der Waals surface area contributed by atoms with Gasteiger partial charge in [-0.25, -0.2) is 9.78 Å². The number of anilines is 1. The van der Waals surface area contributed by atoms with E-state index in [1.807, 2.05) is 32.0 Å². The predicted molar refractivity (Wildman–Crippen MR) is 128 cm³/mol. The summed E-state index contributed by atoms with van der Waals surface area (Å²) in [5.41, 5.74) is 5.22. The molecule has 2 aromatic carbocycles. The molecule has 0 radical (unpaired) electrons. The summed E-state index contributed by atoms with van der Waals surface area (Å²) in [4.78, 5) is 18.5. The van der Waals surface area contributed by atoms with E-state index in [0.29, 0.717) is 43.5 Å². The maximum absolute atomic E-state index is 12.2. The van der Waals surface area contributed by atoms with Crippen molar-refractivity contribution in [2.24, 2.45) is 0 Å². The van der Waals surface area contributed by atoms with Crippen LogP contribution in [-0.4, -0.2) is 43.9 Å². The highest BCUT2D eigenvalue weighted by molar-refractivity contribution is 5.95. The van der Waals surface area contributed by atoms with Crippen molar-refractivity contribution < 1.29 is 18.7 Å². The van der Waals surface area contributed by atoms with Crippen LogP contribution >= 0.6 is 0 Å². The van der Waals surface area contributed by atoms with Gasteiger partial charge >= 0.3 is 6.03 Å². The maximum atomic E-state index is 12.2. The van der Waals surface area contributed by atoms with E-state index in [2.05, 4.69) is 35.4 Å². The molecule has 0 atom stereocenters. The van der Waals surface area contributed by atoms with Crippen molar-refractivity contribution in [2.75, 3.05) is 31.7 Å². The number of carbonyl (C=O) groups is 1. The summed E-state index contributed by atoms with van der Waals surface area (Å²) in [5.74, 6) is 1.98. The van der Waals surface area contributed by atoms with Crippen LogP contribution in [0.3, 0.4) is 0 Å². The Morgan fingerprint density at radius 1 is 1.21 bits per heavy atom. The number of nitrogens with zero attached hydrogens (tertiary/aromatic N) is 2. The van der Waals surface area contributed by atoms with Crippen molar-refractivity contribution in [3.63, 3.8) is 0 Å². The lowest BCUT2D eigenvalue weighted by molar-refractivity contribution is 0.202. The van der Waals surface area contributed by atoms with E-state index in [-0.39, 0.29) is 12.1 Å². The Bertz CT molecular complexity index is 1120. The first kappa shape index (κ1) is 22.9. The zero-order valence-electron chi connectivity index (χ0n) is 19.7. The monoisotopic (exact) mass is 449 g/mol. The van der Waals surface area contributed by atoms with E-state index >= 15 is 0 Å². The summed E-state index contributed by atoms with van der Waals surface area (Å²) < 4.78 is 17.3. The molecule has 1 aliphatic rings. The molecule has 2 heterocycles. The maximum Gasteiger partial charge on any atom is 0.321 e. The molecule has 0 bridgehead atoms. The van der Waals surface area contributed by atoms with Crippen molar-refractivity contribution in [2.45, 2.75) is 39.7 Å². The Kier molecular flexibility index (Phi) is 6.99. The molecule has 2 amide bonds. The average Bonchev–Trinajstić information content (AvgIpc) is 3.42. The lowest BCUT2D eigenvalue weighted by Gasteiger charge is -2.18. The fourth-order valence-corrected chi connectivity index (χ4v) is 3.92. The molecule has 1 N–H and O–H groups in total. The first-order valence-electron chi connectivity index (χ1n) is 11.3. The molecule has 4 rings (SSSR count). The molecule has 3 aromatic rings. The quantitative estimate of drug-likeness (QED) is 0.510. The van der Waals surface area contributed by atoms with Crippen molar-refractivity contribution in [1.29, 1.82) is 0 Å². The van der Waals surface area contributed by atoms with E-state index in [0.717, 1.165) is 17.7 Å². The number of hydrogen-bond acceptors (Lipinski definition) is 5. The van der Waals surface area contributed by atoms with Gasteiger partial charge in [-0.2, -0.15) is 0 Å². The van der Waals surface area contributed by atoms with Crippen molar-refractivity contribution in [3.8, 4) is 17.1 Å². The minimum absolute atomic E-state index is 0.0131. The number of nitrogens with one attached hydrogen (secondary N) is 1. The van der Waals surface area contributed by atoms with Gasteiger partial charge in [-0.15, -0.1) is 0 Å². The van der Waals surface area contributed by atoms with Gasteiger partial charge in [0.2, 0.25) is 0 Å². The summed E-state index contributed by atoms with van der Waals surface area (Å²) >= 11 is 0. The fourth-order valence-electron chi connectivity index (χ4n) is 3.92. The third kappa shape index (κ3) is 5.54. The van der Waals surface area contributed by atoms with Crippen LogP contribution in [0.1, 0.15) is 36.4 Å². The van der Waals surface area contributed by atoms with Gasteiger partial charge in [0.1, 0.15) is 5.75 Å². The topological polar surface area (TPSA) is 76.8 Å². The number of amides is 2. The molecule has 33 heavy (non-hydrogen) atoms. The lowest BCUT2D eigenvalue weighted by atomic mass is 10.0. The van der Waals surface area contributed by atoms with Crippen LogP contribution in [-0.2, 0) is 17.6 Å². The minimum atomic E-state index is -0.107. The van der Waals surface area contributed by atoms with Crippen LogP contribution in [0.15, 0.2) is 47.0 Å². The molecule has 7 nitrogen and oxygen atoms in total. The van der Waals surface area contributed by atoms with Crippen LogP contribution in [0, 0.1) is 6.92 Å². The molecule has 174 valence electrons. The van der Waals surface area contributed by atoms with Crippen LogP contribution in [0.5, 0.6) is 5.75 Å². The van der Waals surface area contributed by atoms with Gasteiger partial charge in [0.25, 0.3) is 0 Å². The lowest BCUT2D eigenvalue weighted by Crippen LogP contribution is -2.27. The van der Waals surface area contributed by atoms with Gasteiger partial charge in [-0.3, -0.25) is 4.90 Å². The number of aromatic nitrogens is 1. The number of urea groups is 1. The summed E-state index contributed by atoms with van der Waals surface area (Å²) in [6.07, 6.45) is 3.23. The van der Waals surface area contributed by atoms with Gasteiger partial charge in [-0.1, -0.05) is 18.2 Å². The minimum Gasteiger partial charge on any atom is -0.491 e. The molecule has 1 aromatic heterocycles. The van der Waals surface area contributed by atoms with Crippen LogP contribution in [0.2, 0.25) is 0 Å². The molecular formula is C26H31N3O4. The first-order valence-corrected chi connectivity index (χ1v) is 11.3. The molecule has 0 spiro atoms. The fraction of sp³-hybridized carbons (Fsp3) is 0.385. The number of ether oxygens (including phenoxy) is 2. The Morgan fingerprint density at radius 2 is 2.06 bits per heavy atom. The van der Waals surface area contributed by atoms with Crippen LogP contribution < -0.4 is 15.0 Å². The number of benzene rings is 2. The third-order valence-corrected chi connectivity index (χ3v) is 5.62. The van der Waals surface area contributed by atoms with Crippen LogP contribution in [0.25, 0.3) is 11.3 Å². The summed E-state index contributed by atoms with van der Waals surface area (Å²) in [6, 6.07) is 12.1. The van der Waals surface area contributed by atoms with E-state index in [1.165, 1.54) is 16.7 Å². The number of methoxy groups -OCH3 is 1. The zero-order chi connectivity index (χ0) is 23.4. The summed E-state index contributed by atoms with van der Waals surface area (Å²) in [6.45, 7) is 7.98. The second kappa shape index (κ2) is 10.1.